The van der Waals surface area contributed by atoms with Crippen molar-refractivity contribution in [2.24, 2.45) is 0 Å². The number of aromatic amines is 1. The van der Waals surface area contributed by atoms with Gasteiger partial charge in [-0.15, -0.1) is 0 Å². The molecule has 1 heterocycles. The van der Waals surface area contributed by atoms with Crippen LogP contribution in [0.5, 0.6) is 5.75 Å². The summed E-state index contributed by atoms with van der Waals surface area (Å²) >= 11 is 6.12. The Labute approximate surface area is 157 Å². The van der Waals surface area contributed by atoms with Gasteiger partial charge in [0, 0.05) is 34.1 Å². The van der Waals surface area contributed by atoms with Crippen molar-refractivity contribution in [2.45, 2.75) is 24.7 Å². The summed E-state index contributed by atoms with van der Waals surface area (Å²) < 4.78 is 5.29. The molecule has 5 heteroatoms. The van der Waals surface area contributed by atoms with Crippen LogP contribution in [0.25, 0.3) is 10.9 Å². The van der Waals surface area contributed by atoms with E-state index >= 15 is 0 Å². The van der Waals surface area contributed by atoms with Gasteiger partial charge in [0.15, 0.2) is 0 Å². The molecule has 0 spiro atoms. The van der Waals surface area contributed by atoms with Crippen molar-refractivity contribution in [2.75, 3.05) is 13.7 Å². The largest absolute Gasteiger partial charge is 0.497 e. The molecule has 0 radical (unpaired) electrons. The maximum absolute atomic E-state index is 12.5. The number of hydrogen-bond acceptors (Lipinski definition) is 2. The number of fused-ring (bicyclic) bond motifs is 1. The number of halogens is 1. The van der Waals surface area contributed by atoms with Gasteiger partial charge in [-0.1, -0.05) is 23.7 Å². The van der Waals surface area contributed by atoms with E-state index in [2.05, 4.69) is 16.4 Å². The third kappa shape index (κ3) is 3.29. The lowest BCUT2D eigenvalue weighted by molar-refractivity contribution is -0.120. The second-order valence-corrected chi connectivity index (χ2v) is 7.41. The summed E-state index contributed by atoms with van der Waals surface area (Å²) in [6.07, 6.45) is 4.40. The summed E-state index contributed by atoms with van der Waals surface area (Å²) in [5.41, 5.74) is 3.24. The highest BCUT2D eigenvalue weighted by molar-refractivity contribution is 6.30. The van der Waals surface area contributed by atoms with Gasteiger partial charge in [-0.2, -0.15) is 0 Å². The van der Waals surface area contributed by atoms with Crippen LogP contribution < -0.4 is 10.1 Å². The molecule has 0 bridgehead atoms. The molecule has 0 aliphatic heterocycles. The highest BCUT2D eigenvalue weighted by Gasteiger charge is 2.44. The van der Waals surface area contributed by atoms with Gasteiger partial charge in [0.25, 0.3) is 0 Å². The summed E-state index contributed by atoms with van der Waals surface area (Å²) in [7, 11) is 1.64. The first-order chi connectivity index (χ1) is 12.6. The summed E-state index contributed by atoms with van der Waals surface area (Å²) in [6.45, 7) is 0.651. The zero-order chi connectivity index (χ0) is 18.1. The number of aromatic nitrogens is 1. The molecular formula is C21H21ClN2O2. The normalized spacial score (nSPS) is 15.0. The van der Waals surface area contributed by atoms with Crippen molar-refractivity contribution in [1.82, 2.24) is 10.3 Å². The van der Waals surface area contributed by atoms with Gasteiger partial charge in [0.2, 0.25) is 5.91 Å². The Balaban J connectivity index is 1.43. The van der Waals surface area contributed by atoms with Gasteiger partial charge in [0.05, 0.1) is 13.5 Å². The van der Waals surface area contributed by atoms with Crippen molar-refractivity contribution in [3.63, 3.8) is 0 Å². The van der Waals surface area contributed by atoms with E-state index in [0.717, 1.165) is 40.1 Å². The number of carbonyl (C=O) groups is 1. The van der Waals surface area contributed by atoms with Gasteiger partial charge in [0.1, 0.15) is 5.75 Å². The zero-order valence-corrected chi connectivity index (χ0v) is 15.4. The topological polar surface area (TPSA) is 54.1 Å². The third-order valence-corrected chi connectivity index (χ3v) is 5.48. The van der Waals surface area contributed by atoms with Crippen molar-refractivity contribution in [1.29, 1.82) is 0 Å². The molecule has 2 N–H and O–H groups in total. The molecule has 1 saturated carbocycles. The minimum atomic E-state index is 0.0297. The molecule has 1 aromatic heterocycles. The van der Waals surface area contributed by atoms with Gasteiger partial charge < -0.3 is 15.0 Å². The van der Waals surface area contributed by atoms with Gasteiger partial charge in [-0.25, -0.2) is 0 Å². The maximum atomic E-state index is 12.5. The van der Waals surface area contributed by atoms with Crippen LogP contribution in [0.2, 0.25) is 5.02 Å². The molecule has 1 amide bonds. The fraction of sp³-hybridized carbons (Fsp3) is 0.286. The molecule has 0 unspecified atom stereocenters. The molecule has 1 aliphatic carbocycles. The van der Waals surface area contributed by atoms with E-state index < -0.39 is 0 Å². The van der Waals surface area contributed by atoms with Gasteiger partial charge in [-0.05, 0) is 54.3 Å². The average molecular weight is 369 g/mol. The van der Waals surface area contributed by atoms with Crippen molar-refractivity contribution in [3.8, 4) is 5.75 Å². The van der Waals surface area contributed by atoms with E-state index in [9.17, 15) is 4.79 Å². The minimum Gasteiger partial charge on any atom is -0.497 e. The Kier molecular flexibility index (Phi) is 4.37. The summed E-state index contributed by atoms with van der Waals surface area (Å²) in [4.78, 5) is 15.7. The van der Waals surface area contributed by atoms with Crippen molar-refractivity contribution >= 4 is 28.4 Å². The fourth-order valence-corrected chi connectivity index (χ4v) is 3.66. The number of benzene rings is 2. The summed E-state index contributed by atoms with van der Waals surface area (Å²) in [6, 6.07) is 13.8. The fourth-order valence-electron chi connectivity index (χ4n) is 3.47. The molecule has 3 aromatic rings. The van der Waals surface area contributed by atoms with Crippen LogP contribution in [0.4, 0.5) is 0 Å². The van der Waals surface area contributed by atoms with Crippen LogP contribution in [-0.2, 0) is 16.6 Å². The van der Waals surface area contributed by atoms with E-state index in [0.29, 0.717) is 13.0 Å². The summed E-state index contributed by atoms with van der Waals surface area (Å²) in [5, 5.41) is 4.87. The summed E-state index contributed by atoms with van der Waals surface area (Å²) in [5.74, 6) is 0.818. The molecule has 134 valence electrons. The first-order valence-corrected chi connectivity index (χ1v) is 9.14. The molecule has 1 fully saturated rings. The minimum absolute atomic E-state index is 0.0297. The predicted octanol–water partition coefficient (Wildman–Crippen LogP) is 4.22. The van der Waals surface area contributed by atoms with Crippen molar-refractivity contribution < 1.29 is 9.53 Å². The second-order valence-electron chi connectivity index (χ2n) is 6.97. The smallest absolute Gasteiger partial charge is 0.224 e. The van der Waals surface area contributed by atoms with E-state index in [-0.39, 0.29) is 11.3 Å². The van der Waals surface area contributed by atoms with Crippen LogP contribution in [0, 0.1) is 0 Å². The highest BCUT2D eigenvalue weighted by Crippen LogP contribution is 2.48. The number of nitrogens with one attached hydrogen (secondary N) is 2. The van der Waals surface area contributed by atoms with Crippen LogP contribution in [0.1, 0.15) is 24.0 Å². The van der Waals surface area contributed by atoms with E-state index in [1.54, 1.807) is 7.11 Å². The lowest BCUT2D eigenvalue weighted by atomic mass is 9.96. The Hall–Kier alpha value is -2.46. The SMILES string of the molecule is COc1ccc2[nH]cc(CC(=O)NCC3(c4cccc(Cl)c4)CC3)c2c1. The number of carbonyl (C=O) groups excluding carboxylic acids is 1. The van der Waals surface area contributed by atoms with Crippen LogP contribution >= 0.6 is 11.6 Å². The van der Waals surface area contributed by atoms with Crippen LogP contribution in [-0.4, -0.2) is 24.5 Å². The Morgan fingerprint density at radius 1 is 1.27 bits per heavy atom. The first-order valence-electron chi connectivity index (χ1n) is 8.76. The Morgan fingerprint density at radius 3 is 2.85 bits per heavy atom. The lowest BCUT2D eigenvalue weighted by Crippen LogP contribution is -2.33. The quantitative estimate of drug-likeness (QED) is 0.684. The monoisotopic (exact) mass is 368 g/mol. The number of amides is 1. The Bertz CT molecular complexity index is 960. The number of ether oxygens (including phenoxy) is 1. The molecule has 4 nitrogen and oxygen atoms in total. The molecule has 4 rings (SSSR count). The maximum Gasteiger partial charge on any atom is 0.224 e. The zero-order valence-electron chi connectivity index (χ0n) is 14.6. The van der Waals surface area contributed by atoms with Gasteiger partial charge >= 0.3 is 0 Å². The van der Waals surface area contributed by atoms with E-state index in [1.807, 2.05) is 42.6 Å². The number of hydrogen-bond donors (Lipinski definition) is 2. The molecule has 0 atom stereocenters. The number of H-pyrrole nitrogens is 1. The molecular weight excluding hydrogens is 348 g/mol. The van der Waals surface area contributed by atoms with E-state index in [1.165, 1.54) is 5.56 Å². The van der Waals surface area contributed by atoms with Crippen LogP contribution in [0.3, 0.4) is 0 Å². The van der Waals surface area contributed by atoms with E-state index in [4.69, 9.17) is 16.3 Å². The number of rotatable bonds is 6. The third-order valence-electron chi connectivity index (χ3n) is 5.24. The lowest BCUT2D eigenvalue weighted by Gasteiger charge is -2.17. The molecule has 2 aromatic carbocycles. The first kappa shape index (κ1) is 17.0. The Morgan fingerprint density at radius 2 is 2.12 bits per heavy atom. The predicted molar refractivity (Wildman–Crippen MR) is 104 cm³/mol. The van der Waals surface area contributed by atoms with Crippen molar-refractivity contribution in [3.05, 3.63) is 64.8 Å². The molecule has 0 saturated heterocycles. The number of methoxy groups -OCH3 is 1. The molecule has 26 heavy (non-hydrogen) atoms. The second kappa shape index (κ2) is 6.69. The van der Waals surface area contributed by atoms with Crippen LogP contribution in [0.15, 0.2) is 48.7 Å². The van der Waals surface area contributed by atoms with Gasteiger partial charge in [-0.3, -0.25) is 4.79 Å². The molecule has 1 aliphatic rings. The highest BCUT2D eigenvalue weighted by atomic mass is 35.5. The average Bonchev–Trinajstić information content (AvgIpc) is 3.35. The standard InChI is InChI=1S/C21H21ClN2O2/c1-26-17-5-6-19-18(11-17)14(12-23-19)9-20(25)24-13-21(7-8-21)15-3-2-4-16(22)10-15/h2-6,10-12,23H,7-9,13H2,1H3,(H,24,25).